The first-order valence-electron chi connectivity index (χ1n) is 9.36. The zero-order valence-corrected chi connectivity index (χ0v) is 16.1. The molecule has 0 bridgehead atoms. The Kier molecular flexibility index (Phi) is 4.90. The summed E-state index contributed by atoms with van der Waals surface area (Å²) < 4.78 is 7.28. The van der Waals surface area contributed by atoms with Crippen LogP contribution in [0.1, 0.15) is 17.8 Å². The number of anilines is 1. The van der Waals surface area contributed by atoms with Gasteiger partial charge in [-0.15, -0.1) is 0 Å². The molecule has 140 valence electrons. The fraction of sp³-hybridized carbons (Fsp3) is 0.381. The normalized spacial score (nSPS) is 16.9. The minimum atomic E-state index is 0.548. The zero-order chi connectivity index (χ0) is 18.8. The van der Waals surface area contributed by atoms with Gasteiger partial charge in [-0.3, -0.25) is 0 Å². The molecule has 4 rings (SSSR count). The van der Waals surface area contributed by atoms with Gasteiger partial charge in [-0.1, -0.05) is 18.2 Å². The first-order valence-corrected chi connectivity index (χ1v) is 9.36. The number of nitrogens with zero attached hydrogens (tertiary/aromatic N) is 5. The highest BCUT2D eigenvalue weighted by Crippen LogP contribution is 2.29. The van der Waals surface area contributed by atoms with Crippen LogP contribution in [-0.4, -0.2) is 46.6 Å². The Morgan fingerprint density at radius 2 is 1.96 bits per heavy atom. The summed E-state index contributed by atoms with van der Waals surface area (Å²) >= 11 is 0. The van der Waals surface area contributed by atoms with Crippen molar-refractivity contribution in [1.29, 1.82) is 0 Å². The van der Waals surface area contributed by atoms with Crippen LogP contribution in [-0.2, 0) is 4.74 Å². The van der Waals surface area contributed by atoms with E-state index in [0.717, 1.165) is 60.4 Å². The second-order valence-corrected chi connectivity index (χ2v) is 7.09. The molecule has 1 aliphatic heterocycles. The van der Waals surface area contributed by atoms with E-state index in [0.29, 0.717) is 5.92 Å². The monoisotopic (exact) mass is 363 g/mol. The van der Waals surface area contributed by atoms with Gasteiger partial charge in [-0.05, 0) is 38.5 Å². The van der Waals surface area contributed by atoms with Gasteiger partial charge in [0.05, 0.1) is 29.4 Å². The number of para-hydroxylation sites is 1. The third-order valence-electron chi connectivity index (χ3n) is 5.16. The van der Waals surface area contributed by atoms with Gasteiger partial charge >= 0.3 is 0 Å². The lowest BCUT2D eigenvalue weighted by molar-refractivity contribution is 0.161. The second-order valence-electron chi connectivity index (χ2n) is 7.09. The van der Waals surface area contributed by atoms with Crippen LogP contribution in [0.15, 0.2) is 42.6 Å². The van der Waals surface area contributed by atoms with Gasteiger partial charge in [0.25, 0.3) is 0 Å². The third-order valence-corrected chi connectivity index (χ3v) is 5.16. The van der Waals surface area contributed by atoms with E-state index in [-0.39, 0.29) is 0 Å². The molecule has 1 fully saturated rings. The topological polar surface area (TPSA) is 56.1 Å². The molecule has 1 saturated heterocycles. The van der Waals surface area contributed by atoms with Crippen molar-refractivity contribution in [2.75, 3.05) is 31.7 Å². The van der Waals surface area contributed by atoms with E-state index in [1.165, 1.54) is 0 Å². The molecule has 0 spiro atoms. The maximum Gasteiger partial charge on any atom is 0.225 e. The van der Waals surface area contributed by atoms with Crippen molar-refractivity contribution in [3.8, 4) is 16.9 Å². The van der Waals surface area contributed by atoms with Crippen LogP contribution in [0.2, 0.25) is 0 Å². The molecule has 27 heavy (non-hydrogen) atoms. The minimum absolute atomic E-state index is 0.548. The Hall–Kier alpha value is -2.73. The van der Waals surface area contributed by atoms with Crippen molar-refractivity contribution in [2.24, 2.45) is 5.92 Å². The minimum Gasteiger partial charge on any atom is -0.384 e. The maximum atomic E-state index is 5.30. The smallest absolute Gasteiger partial charge is 0.225 e. The number of ether oxygens (including phenoxy) is 1. The second kappa shape index (κ2) is 7.48. The molecule has 1 aromatic carbocycles. The maximum absolute atomic E-state index is 5.30. The van der Waals surface area contributed by atoms with Gasteiger partial charge < -0.3 is 9.64 Å². The highest BCUT2D eigenvalue weighted by Gasteiger charge is 2.25. The van der Waals surface area contributed by atoms with Gasteiger partial charge in [-0.25, -0.2) is 14.6 Å². The van der Waals surface area contributed by atoms with E-state index in [1.54, 1.807) is 7.11 Å². The molecule has 6 heteroatoms. The largest absolute Gasteiger partial charge is 0.384 e. The molecule has 1 unspecified atom stereocenters. The molecule has 0 N–H and O–H groups in total. The molecular weight excluding hydrogens is 338 g/mol. The molecule has 0 aliphatic carbocycles. The van der Waals surface area contributed by atoms with Crippen molar-refractivity contribution in [2.45, 2.75) is 20.3 Å². The SMILES string of the molecule is COCC1CCN(c2nccc(-c3c(C)nn(-c4ccccc4)c3C)n2)C1. The van der Waals surface area contributed by atoms with Crippen LogP contribution in [0.25, 0.3) is 16.9 Å². The van der Waals surface area contributed by atoms with E-state index in [1.807, 2.05) is 42.1 Å². The first-order chi connectivity index (χ1) is 13.2. The Labute approximate surface area is 159 Å². The van der Waals surface area contributed by atoms with Crippen LogP contribution in [0.5, 0.6) is 0 Å². The Morgan fingerprint density at radius 3 is 2.74 bits per heavy atom. The van der Waals surface area contributed by atoms with E-state index in [4.69, 9.17) is 14.8 Å². The van der Waals surface area contributed by atoms with Gasteiger partial charge in [0, 0.05) is 37.9 Å². The highest BCUT2D eigenvalue weighted by atomic mass is 16.5. The van der Waals surface area contributed by atoms with Crippen LogP contribution < -0.4 is 4.90 Å². The lowest BCUT2D eigenvalue weighted by Gasteiger charge is -2.17. The molecule has 2 aromatic heterocycles. The fourth-order valence-electron chi connectivity index (χ4n) is 3.86. The highest BCUT2D eigenvalue weighted by molar-refractivity contribution is 5.66. The Morgan fingerprint density at radius 1 is 1.15 bits per heavy atom. The van der Waals surface area contributed by atoms with E-state index in [9.17, 15) is 0 Å². The standard InChI is InChI=1S/C21H25N5O/c1-15-20(16(2)26(24-15)18-7-5-4-6-8-18)19-9-11-22-21(23-19)25-12-10-17(13-25)14-27-3/h4-9,11,17H,10,12-14H2,1-3H3. The molecule has 1 aliphatic rings. The van der Waals surface area contributed by atoms with E-state index in [2.05, 4.69) is 28.9 Å². The third kappa shape index (κ3) is 3.45. The van der Waals surface area contributed by atoms with Crippen LogP contribution in [0, 0.1) is 19.8 Å². The molecule has 0 radical (unpaired) electrons. The summed E-state index contributed by atoms with van der Waals surface area (Å²) in [6.07, 6.45) is 2.96. The first kappa shape index (κ1) is 17.7. The predicted molar refractivity (Wildman–Crippen MR) is 106 cm³/mol. The number of methoxy groups -OCH3 is 1. The average molecular weight is 363 g/mol. The van der Waals surface area contributed by atoms with Crippen LogP contribution >= 0.6 is 0 Å². The number of benzene rings is 1. The molecule has 1 atom stereocenters. The van der Waals surface area contributed by atoms with Gasteiger partial charge in [0.15, 0.2) is 0 Å². The van der Waals surface area contributed by atoms with Crippen molar-refractivity contribution >= 4 is 5.95 Å². The van der Waals surface area contributed by atoms with E-state index < -0.39 is 0 Å². The summed E-state index contributed by atoms with van der Waals surface area (Å²) in [5.41, 5.74) is 5.12. The zero-order valence-electron chi connectivity index (χ0n) is 16.1. The van der Waals surface area contributed by atoms with E-state index >= 15 is 0 Å². The fourth-order valence-corrected chi connectivity index (χ4v) is 3.86. The predicted octanol–water partition coefficient (Wildman–Crippen LogP) is 3.42. The average Bonchev–Trinajstić information content (AvgIpc) is 3.27. The summed E-state index contributed by atoms with van der Waals surface area (Å²) in [7, 11) is 1.76. The summed E-state index contributed by atoms with van der Waals surface area (Å²) in [4.78, 5) is 11.6. The quantitative estimate of drug-likeness (QED) is 0.695. The summed E-state index contributed by atoms with van der Waals surface area (Å²) in [5.74, 6) is 1.34. The number of rotatable bonds is 5. The summed E-state index contributed by atoms with van der Waals surface area (Å²) in [5, 5.41) is 4.75. The number of aromatic nitrogens is 4. The number of hydrogen-bond acceptors (Lipinski definition) is 5. The van der Waals surface area contributed by atoms with Gasteiger partial charge in [-0.2, -0.15) is 5.10 Å². The van der Waals surface area contributed by atoms with Gasteiger partial charge in [0.2, 0.25) is 5.95 Å². The molecule has 0 saturated carbocycles. The Bertz CT molecular complexity index is 922. The number of aryl methyl sites for hydroxylation is 1. The lowest BCUT2D eigenvalue weighted by Crippen LogP contribution is -2.23. The summed E-state index contributed by atoms with van der Waals surface area (Å²) in [6.45, 7) is 6.83. The molecule has 0 amide bonds. The molecular formula is C21H25N5O. The lowest BCUT2D eigenvalue weighted by atomic mass is 10.1. The molecule has 3 heterocycles. The van der Waals surface area contributed by atoms with Crippen molar-refractivity contribution in [3.05, 3.63) is 54.0 Å². The molecule has 6 nitrogen and oxygen atoms in total. The Balaban J connectivity index is 1.66. The van der Waals surface area contributed by atoms with Gasteiger partial charge in [0.1, 0.15) is 0 Å². The van der Waals surface area contributed by atoms with Crippen LogP contribution in [0.4, 0.5) is 5.95 Å². The molecule has 3 aromatic rings. The summed E-state index contributed by atoms with van der Waals surface area (Å²) in [6, 6.07) is 12.2. The van der Waals surface area contributed by atoms with Crippen molar-refractivity contribution in [3.63, 3.8) is 0 Å². The van der Waals surface area contributed by atoms with Crippen molar-refractivity contribution in [1.82, 2.24) is 19.7 Å². The number of hydrogen-bond donors (Lipinski definition) is 0. The van der Waals surface area contributed by atoms with Crippen molar-refractivity contribution < 1.29 is 4.74 Å². The van der Waals surface area contributed by atoms with Crippen LogP contribution in [0.3, 0.4) is 0 Å².